The van der Waals surface area contributed by atoms with Crippen molar-refractivity contribution in [3.05, 3.63) is 23.5 Å². The molecule has 2 aliphatic rings. The van der Waals surface area contributed by atoms with Crippen LogP contribution in [0.5, 0.6) is 0 Å². The van der Waals surface area contributed by atoms with Crippen LogP contribution < -0.4 is 11.1 Å². The second-order valence-electron chi connectivity index (χ2n) is 4.81. The van der Waals surface area contributed by atoms with E-state index in [4.69, 9.17) is 5.73 Å². The molecule has 1 aliphatic carbocycles. The minimum absolute atomic E-state index is 0.528. The van der Waals surface area contributed by atoms with Crippen LogP contribution in [0.25, 0.3) is 5.70 Å². The molecule has 0 atom stereocenters. The van der Waals surface area contributed by atoms with Crippen LogP contribution in [0.3, 0.4) is 0 Å². The SMILES string of the molecule is N/C(=C1\NC=Nc2[nH]ccc21)C1CCCCC1. The van der Waals surface area contributed by atoms with Crippen molar-refractivity contribution in [2.75, 3.05) is 0 Å². The fourth-order valence-corrected chi connectivity index (χ4v) is 2.76. The first-order valence-corrected chi connectivity index (χ1v) is 6.33. The predicted molar refractivity (Wildman–Crippen MR) is 69.8 cm³/mol. The zero-order valence-corrected chi connectivity index (χ0v) is 9.87. The molecule has 2 heterocycles. The molecular weight excluding hydrogens is 212 g/mol. The molecule has 90 valence electrons. The van der Waals surface area contributed by atoms with Gasteiger partial charge in [-0.05, 0) is 18.9 Å². The van der Waals surface area contributed by atoms with Gasteiger partial charge in [0.25, 0.3) is 0 Å². The summed E-state index contributed by atoms with van der Waals surface area (Å²) in [6, 6.07) is 2.03. The average Bonchev–Trinajstić information content (AvgIpc) is 2.87. The Labute approximate surface area is 101 Å². The highest BCUT2D eigenvalue weighted by atomic mass is 15.0. The van der Waals surface area contributed by atoms with Crippen molar-refractivity contribution in [1.82, 2.24) is 10.3 Å². The number of fused-ring (bicyclic) bond motifs is 1. The van der Waals surface area contributed by atoms with Crippen LogP contribution in [0.1, 0.15) is 37.7 Å². The lowest BCUT2D eigenvalue weighted by atomic mass is 9.85. The van der Waals surface area contributed by atoms with Gasteiger partial charge in [0.15, 0.2) is 0 Å². The van der Waals surface area contributed by atoms with Gasteiger partial charge in [0.2, 0.25) is 0 Å². The first-order chi connectivity index (χ1) is 8.36. The number of rotatable bonds is 1. The molecule has 0 unspecified atom stereocenters. The number of hydrogen-bond donors (Lipinski definition) is 3. The first kappa shape index (κ1) is 10.4. The van der Waals surface area contributed by atoms with Gasteiger partial charge in [0, 0.05) is 23.4 Å². The van der Waals surface area contributed by atoms with E-state index < -0.39 is 0 Å². The summed E-state index contributed by atoms with van der Waals surface area (Å²) in [6.45, 7) is 0. The lowest BCUT2D eigenvalue weighted by Crippen LogP contribution is -2.24. The lowest BCUT2D eigenvalue weighted by Gasteiger charge is -2.25. The number of aliphatic imine (C=N–C) groups is 1. The van der Waals surface area contributed by atoms with Crippen LogP contribution in [-0.2, 0) is 0 Å². The number of nitrogens with zero attached hydrogens (tertiary/aromatic N) is 1. The van der Waals surface area contributed by atoms with Gasteiger partial charge in [-0.2, -0.15) is 0 Å². The molecule has 0 radical (unpaired) electrons. The Morgan fingerprint density at radius 2 is 2.12 bits per heavy atom. The largest absolute Gasteiger partial charge is 0.400 e. The van der Waals surface area contributed by atoms with E-state index in [1.807, 2.05) is 12.3 Å². The molecule has 4 heteroatoms. The van der Waals surface area contributed by atoms with Crippen molar-refractivity contribution in [2.24, 2.45) is 16.6 Å². The highest BCUT2D eigenvalue weighted by Gasteiger charge is 2.22. The minimum Gasteiger partial charge on any atom is -0.400 e. The molecule has 0 amide bonds. The van der Waals surface area contributed by atoms with Crippen LogP contribution in [-0.4, -0.2) is 11.3 Å². The van der Waals surface area contributed by atoms with Crippen molar-refractivity contribution < 1.29 is 0 Å². The van der Waals surface area contributed by atoms with Crippen LogP contribution >= 0.6 is 0 Å². The minimum atomic E-state index is 0.528. The summed E-state index contributed by atoms with van der Waals surface area (Å²) in [5.41, 5.74) is 9.47. The monoisotopic (exact) mass is 230 g/mol. The Morgan fingerprint density at radius 3 is 2.94 bits per heavy atom. The van der Waals surface area contributed by atoms with Crippen LogP contribution in [0, 0.1) is 5.92 Å². The maximum Gasteiger partial charge on any atom is 0.141 e. The Balaban J connectivity index is 1.95. The molecule has 0 aromatic carbocycles. The van der Waals surface area contributed by atoms with Gasteiger partial charge < -0.3 is 16.0 Å². The molecule has 4 nitrogen and oxygen atoms in total. The predicted octanol–water partition coefficient (Wildman–Crippen LogP) is 2.49. The molecule has 0 bridgehead atoms. The second-order valence-corrected chi connectivity index (χ2v) is 4.81. The number of hydrogen-bond acceptors (Lipinski definition) is 3. The molecular formula is C13H18N4. The van der Waals surface area contributed by atoms with Crippen molar-refractivity contribution >= 4 is 17.9 Å². The highest BCUT2D eigenvalue weighted by Crippen LogP contribution is 2.33. The maximum atomic E-state index is 6.34. The van der Waals surface area contributed by atoms with Crippen molar-refractivity contribution in [1.29, 1.82) is 0 Å². The zero-order valence-electron chi connectivity index (χ0n) is 9.87. The molecule has 1 aromatic rings. The number of H-pyrrole nitrogens is 1. The Hall–Kier alpha value is -1.71. The summed E-state index contributed by atoms with van der Waals surface area (Å²) in [6.07, 6.45) is 10.00. The summed E-state index contributed by atoms with van der Waals surface area (Å²) < 4.78 is 0. The molecule has 3 rings (SSSR count). The summed E-state index contributed by atoms with van der Waals surface area (Å²) in [4.78, 5) is 7.37. The quantitative estimate of drug-likeness (QED) is 0.694. The molecule has 1 fully saturated rings. The van der Waals surface area contributed by atoms with Crippen LogP contribution in [0.15, 0.2) is 23.0 Å². The molecule has 1 aromatic heterocycles. The Kier molecular flexibility index (Phi) is 2.63. The lowest BCUT2D eigenvalue weighted by molar-refractivity contribution is 0.400. The third kappa shape index (κ3) is 1.84. The summed E-state index contributed by atoms with van der Waals surface area (Å²) >= 11 is 0. The standard InChI is InChI=1S/C13H18N4/c14-11(9-4-2-1-3-5-9)12-10-6-7-15-13(10)17-8-16-12/h6-9,15H,1-5,14H2,(H,16,17)/b12-11-. The zero-order chi connectivity index (χ0) is 11.7. The number of aromatic nitrogens is 1. The van der Waals surface area contributed by atoms with Crippen molar-refractivity contribution in [3.8, 4) is 0 Å². The number of allylic oxidation sites excluding steroid dienone is 1. The Bertz CT molecular complexity index is 464. The number of nitrogens with one attached hydrogen (secondary N) is 2. The molecule has 0 saturated heterocycles. The van der Waals surface area contributed by atoms with E-state index in [1.54, 1.807) is 6.34 Å². The van der Waals surface area contributed by atoms with Gasteiger partial charge in [0.05, 0.1) is 12.0 Å². The molecule has 0 spiro atoms. The van der Waals surface area contributed by atoms with Gasteiger partial charge >= 0.3 is 0 Å². The number of nitrogens with two attached hydrogens (primary N) is 1. The molecule has 1 saturated carbocycles. The third-order valence-electron chi connectivity index (χ3n) is 3.73. The molecule has 17 heavy (non-hydrogen) atoms. The second kappa shape index (κ2) is 4.28. The molecule has 4 N–H and O–H groups in total. The highest BCUT2D eigenvalue weighted by molar-refractivity contribution is 5.87. The van der Waals surface area contributed by atoms with E-state index in [0.29, 0.717) is 5.92 Å². The van der Waals surface area contributed by atoms with Gasteiger partial charge in [-0.1, -0.05) is 19.3 Å². The van der Waals surface area contributed by atoms with E-state index >= 15 is 0 Å². The fourth-order valence-electron chi connectivity index (χ4n) is 2.76. The topological polar surface area (TPSA) is 66.2 Å². The van der Waals surface area contributed by atoms with Gasteiger partial charge in [-0.25, -0.2) is 4.99 Å². The normalized spacial score (nSPS) is 23.1. The Morgan fingerprint density at radius 1 is 1.29 bits per heavy atom. The summed E-state index contributed by atoms with van der Waals surface area (Å²) in [5, 5.41) is 3.20. The first-order valence-electron chi connectivity index (χ1n) is 6.33. The van der Waals surface area contributed by atoms with Gasteiger partial charge in [0.1, 0.15) is 5.82 Å². The van der Waals surface area contributed by atoms with E-state index in [-0.39, 0.29) is 0 Å². The van der Waals surface area contributed by atoms with Gasteiger partial charge in [-0.3, -0.25) is 0 Å². The van der Waals surface area contributed by atoms with E-state index in [1.165, 1.54) is 32.1 Å². The van der Waals surface area contributed by atoms with Crippen LogP contribution in [0.4, 0.5) is 5.82 Å². The van der Waals surface area contributed by atoms with E-state index in [0.717, 1.165) is 22.8 Å². The van der Waals surface area contributed by atoms with Crippen molar-refractivity contribution in [2.45, 2.75) is 32.1 Å². The maximum absolute atomic E-state index is 6.34. The van der Waals surface area contributed by atoms with Gasteiger partial charge in [-0.15, -0.1) is 0 Å². The summed E-state index contributed by atoms with van der Waals surface area (Å²) in [5.74, 6) is 1.43. The fraction of sp³-hybridized carbons (Fsp3) is 0.462. The smallest absolute Gasteiger partial charge is 0.141 e. The van der Waals surface area contributed by atoms with Crippen LogP contribution in [0.2, 0.25) is 0 Å². The molecule has 1 aliphatic heterocycles. The van der Waals surface area contributed by atoms with E-state index in [9.17, 15) is 0 Å². The van der Waals surface area contributed by atoms with E-state index in [2.05, 4.69) is 15.3 Å². The third-order valence-corrected chi connectivity index (χ3v) is 3.73. The number of aromatic amines is 1. The van der Waals surface area contributed by atoms with Crippen molar-refractivity contribution in [3.63, 3.8) is 0 Å². The average molecular weight is 230 g/mol. The summed E-state index contributed by atoms with van der Waals surface area (Å²) in [7, 11) is 0.